The van der Waals surface area contributed by atoms with Crippen molar-refractivity contribution in [1.82, 2.24) is 9.97 Å². The van der Waals surface area contributed by atoms with Crippen LogP contribution in [-0.2, 0) is 39.1 Å². The van der Waals surface area contributed by atoms with Crippen LogP contribution in [0.4, 0.5) is 0 Å². The predicted molar refractivity (Wildman–Crippen MR) is 160 cm³/mol. The van der Waals surface area contributed by atoms with E-state index >= 15 is 0 Å². The van der Waals surface area contributed by atoms with Gasteiger partial charge in [0.2, 0.25) is 0 Å². The van der Waals surface area contributed by atoms with E-state index in [1.807, 2.05) is 12.4 Å². The molecule has 230 valence electrons. The standard InChI is InChI=1S/C24H48N6O7SSi2/c1-39(2,18-5-25)37-40(3,4)22-38-24-27-19-23(20-28-24)21-36-17-16-35-15-14-34-13-12-33-11-10-32-9-8-31-7-6-29-30-26/h19-20H,5-18,21-22,25H2,1-4H3. The van der Waals surface area contributed by atoms with Crippen molar-refractivity contribution in [3.63, 3.8) is 0 Å². The highest BCUT2D eigenvalue weighted by atomic mass is 32.2. The summed E-state index contributed by atoms with van der Waals surface area (Å²) in [5.41, 5.74) is 14.8. The summed E-state index contributed by atoms with van der Waals surface area (Å²) in [4.78, 5) is 11.6. The van der Waals surface area contributed by atoms with Crippen LogP contribution in [0.15, 0.2) is 22.7 Å². The second kappa shape index (κ2) is 23.4. The molecule has 2 N–H and O–H groups in total. The van der Waals surface area contributed by atoms with E-state index in [1.165, 1.54) is 0 Å². The van der Waals surface area contributed by atoms with Gasteiger partial charge in [0.15, 0.2) is 21.8 Å². The van der Waals surface area contributed by atoms with E-state index in [2.05, 4.69) is 46.2 Å². The summed E-state index contributed by atoms with van der Waals surface area (Å²) in [6, 6.07) is 0.980. The van der Waals surface area contributed by atoms with E-state index < -0.39 is 16.6 Å². The summed E-state index contributed by atoms with van der Waals surface area (Å²) in [5, 5.41) is 5.04. The van der Waals surface area contributed by atoms with E-state index in [-0.39, 0.29) is 0 Å². The summed E-state index contributed by atoms with van der Waals surface area (Å²) in [7, 11) is -3.52. The van der Waals surface area contributed by atoms with E-state index in [1.54, 1.807) is 11.8 Å². The Hall–Kier alpha value is -1.15. The van der Waals surface area contributed by atoms with Crippen molar-refractivity contribution >= 4 is 28.4 Å². The topological polar surface area (TPSA) is 165 Å². The van der Waals surface area contributed by atoms with Crippen molar-refractivity contribution in [1.29, 1.82) is 0 Å². The Morgan fingerprint density at radius 3 is 1.73 bits per heavy atom. The first-order valence-corrected chi connectivity index (χ1v) is 20.8. The normalized spacial score (nSPS) is 12.0. The Labute approximate surface area is 245 Å². The first kappa shape index (κ1) is 36.9. The van der Waals surface area contributed by atoms with Crippen LogP contribution in [0, 0.1) is 0 Å². The van der Waals surface area contributed by atoms with Gasteiger partial charge in [0, 0.05) is 34.8 Å². The van der Waals surface area contributed by atoms with Crippen molar-refractivity contribution < 1.29 is 32.5 Å². The lowest BCUT2D eigenvalue weighted by Gasteiger charge is -2.33. The maximum Gasteiger partial charge on any atom is 0.187 e. The minimum atomic E-state index is -1.81. The Morgan fingerprint density at radius 1 is 0.775 bits per heavy atom. The molecule has 40 heavy (non-hydrogen) atoms. The van der Waals surface area contributed by atoms with E-state index in [4.69, 9.17) is 43.8 Å². The molecular formula is C24H48N6O7SSi2. The molecule has 0 atom stereocenters. The van der Waals surface area contributed by atoms with Crippen LogP contribution >= 0.6 is 11.8 Å². The van der Waals surface area contributed by atoms with Crippen molar-refractivity contribution in [3.8, 4) is 0 Å². The van der Waals surface area contributed by atoms with Crippen LogP contribution in [0.25, 0.3) is 10.4 Å². The van der Waals surface area contributed by atoms with Crippen molar-refractivity contribution in [2.75, 3.05) is 91.1 Å². The molecule has 13 nitrogen and oxygen atoms in total. The number of azide groups is 1. The maximum absolute atomic E-state index is 8.14. The lowest BCUT2D eigenvalue weighted by atomic mass is 10.4. The molecule has 0 bridgehead atoms. The molecule has 0 aromatic carbocycles. The van der Waals surface area contributed by atoms with Gasteiger partial charge in [-0.05, 0) is 44.3 Å². The van der Waals surface area contributed by atoms with Gasteiger partial charge >= 0.3 is 0 Å². The minimum absolute atomic E-state index is 0.330. The number of ether oxygens (including phenoxy) is 6. The smallest absolute Gasteiger partial charge is 0.187 e. The van der Waals surface area contributed by atoms with Crippen LogP contribution in [0.3, 0.4) is 0 Å². The third kappa shape index (κ3) is 21.6. The molecule has 0 unspecified atom stereocenters. The second-order valence-corrected chi connectivity index (χ2v) is 20.1. The Balaban J connectivity index is 1.94. The zero-order valence-corrected chi connectivity index (χ0v) is 27.4. The van der Waals surface area contributed by atoms with Crippen LogP contribution in [0.2, 0.25) is 32.2 Å². The molecule has 0 fully saturated rings. The second-order valence-electron chi connectivity index (χ2n) is 9.89. The number of aromatic nitrogens is 2. The average molecular weight is 621 g/mol. The minimum Gasteiger partial charge on any atom is -0.455 e. The molecule has 0 amide bonds. The monoisotopic (exact) mass is 620 g/mol. The Morgan fingerprint density at radius 2 is 1.25 bits per heavy atom. The first-order valence-electron chi connectivity index (χ1n) is 13.6. The van der Waals surface area contributed by atoms with Gasteiger partial charge in [0.1, 0.15) is 0 Å². The van der Waals surface area contributed by atoms with Crippen molar-refractivity contribution in [2.45, 2.75) is 44.0 Å². The molecule has 0 spiro atoms. The van der Waals surface area contributed by atoms with E-state index in [0.29, 0.717) is 92.4 Å². The summed E-state index contributed by atoms with van der Waals surface area (Å²) >= 11 is 1.65. The molecule has 1 aromatic heterocycles. The summed E-state index contributed by atoms with van der Waals surface area (Å²) < 4.78 is 39.2. The van der Waals surface area contributed by atoms with Gasteiger partial charge in [-0.2, -0.15) is 0 Å². The number of thioether (sulfide) groups is 1. The fourth-order valence-electron chi connectivity index (χ4n) is 3.35. The largest absolute Gasteiger partial charge is 0.455 e. The molecule has 0 aliphatic heterocycles. The maximum atomic E-state index is 8.14. The van der Waals surface area contributed by atoms with Gasteiger partial charge < -0.3 is 38.3 Å². The van der Waals surface area contributed by atoms with Gasteiger partial charge in [-0.3, -0.25) is 0 Å². The third-order valence-corrected chi connectivity index (χ3v) is 14.8. The Bertz CT molecular complexity index is 808. The van der Waals surface area contributed by atoms with Crippen LogP contribution in [0.5, 0.6) is 0 Å². The molecule has 1 heterocycles. The molecule has 1 rings (SSSR count). The van der Waals surface area contributed by atoms with E-state index in [9.17, 15) is 0 Å². The van der Waals surface area contributed by atoms with Gasteiger partial charge in [-0.1, -0.05) is 16.9 Å². The molecule has 0 saturated carbocycles. The third-order valence-electron chi connectivity index (χ3n) is 5.06. The molecule has 0 aliphatic carbocycles. The molecule has 0 aliphatic rings. The average Bonchev–Trinajstić information content (AvgIpc) is 2.91. The van der Waals surface area contributed by atoms with Gasteiger partial charge in [0.05, 0.1) is 79.3 Å². The van der Waals surface area contributed by atoms with E-state index in [0.717, 1.165) is 22.1 Å². The first-order chi connectivity index (χ1) is 19.3. The highest BCUT2D eigenvalue weighted by Gasteiger charge is 2.32. The number of hydrogen-bond acceptors (Lipinski definition) is 12. The number of hydrogen-bond donors (Lipinski definition) is 1. The predicted octanol–water partition coefficient (Wildman–Crippen LogP) is 3.40. The zero-order chi connectivity index (χ0) is 29.4. The van der Waals surface area contributed by atoms with Crippen LogP contribution < -0.4 is 5.73 Å². The molecule has 0 radical (unpaired) electrons. The number of nitrogens with zero attached hydrogens (tertiary/aromatic N) is 5. The van der Waals surface area contributed by atoms with Crippen LogP contribution in [-0.4, -0.2) is 118 Å². The zero-order valence-electron chi connectivity index (χ0n) is 24.5. The molecule has 1 aromatic rings. The fraction of sp³-hybridized carbons (Fsp3) is 0.833. The molecule has 0 saturated heterocycles. The van der Waals surface area contributed by atoms with Gasteiger partial charge in [-0.15, -0.1) is 0 Å². The molecule has 16 heteroatoms. The number of rotatable bonds is 27. The molecular weight excluding hydrogens is 573 g/mol. The number of nitrogens with two attached hydrogens (primary N) is 1. The fourth-order valence-corrected chi connectivity index (χ4v) is 13.4. The highest BCUT2D eigenvalue weighted by Crippen LogP contribution is 2.24. The summed E-state index contributed by atoms with van der Waals surface area (Å²) in [6.07, 6.45) is 3.62. The van der Waals surface area contributed by atoms with Crippen molar-refractivity contribution in [3.05, 3.63) is 28.4 Å². The Kier molecular flexibility index (Phi) is 21.6. The van der Waals surface area contributed by atoms with Gasteiger partial charge in [0.25, 0.3) is 0 Å². The van der Waals surface area contributed by atoms with Crippen LogP contribution in [0.1, 0.15) is 5.56 Å². The lowest BCUT2D eigenvalue weighted by molar-refractivity contribution is -0.0174. The quantitative estimate of drug-likeness (QED) is 0.0291. The SMILES string of the molecule is C[Si](C)(CCN)O[Si](C)(C)CSc1ncc(COCCOCCOCCOCCOCCOCCN=[N+]=[N-])cn1. The van der Waals surface area contributed by atoms with Crippen molar-refractivity contribution in [2.24, 2.45) is 10.8 Å². The summed E-state index contributed by atoms with van der Waals surface area (Å²) in [5.74, 6) is 0. The van der Waals surface area contributed by atoms with Gasteiger partial charge in [-0.25, -0.2) is 9.97 Å². The lowest BCUT2D eigenvalue weighted by Crippen LogP contribution is -2.47. The highest BCUT2D eigenvalue weighted by molar-refractivity contribution is 8.00. The summed E-state index contributed by atoms with van der Waals surface area (Å²) in [6.45, 7) is 15.7.